The maximum Gasteiger partial charge on any atom is 0.338 e. The highest BCUT2D eigenvalue weighted by Gasteiger charge is 2.39. The summed E-state index contributed by atoms with van der Waals surface area (Å²) in [6.45, 7) is 6.02. The molecule has 1 N–H and O–H groups in total. The van der Waals surface area contributed by atoms with Crippen LogP contribution >= 0.6 is 23.2 Å². The SMILES string of the molecule is CCOC(=O)C1=C(CN2CCCN(S(=O)(=O)c3ccccc3)CC2)N(CC)C(=O)NC1c1ccc(Cl)c(Cl)c1. The van der Waals surface area contributed by atoms with Crippen molar-refractivity contribution in [1.82, 2.24) is 19.4 Å². The number of nitrogens with one attached hydrogen (secondary N) is 1. The van der Waals surface area contributed by atoms with Gasteiger partial charge in [0.05, 0.1) is 33.2 Å². The first-order valence-electron chi connectivity index (χ1n) is 12.9. The number of hydrogen-bond acceptors (Lipinski definition) is 6. The summed E-state index contributed by atoms with van der Waals surface area (Å²) in [5, 5.41) is 3.58. The summed E-state index contributed by atoms with van der Waals surface area (Å²) in [7, 11) is -3.63. The molecule has 1 atom stereocenters. The zero-order valence-corrected chi connectivity index (χ0v) is 24.2. The van der Waals surface area contributed by atoms with E-state index < -0.39 is 22.0 Å². The number of carbonyl (C=O) groups excluding carboxylic acids is 2. The van der Waals surface area contributed by atoms with E-state index in [1.54, 1.807) is 55.5 Å². The van der Waals surface area contributed by atoms with Crippen molar-refractivity contribution >= 4 is 45.2 Å². The van der Waals surface area contributed by atoms with Crippen LogP contribution < -0.4 is 5.32 Å². The Balaban J connectivity index is 1.66. The Kier molecular flexibility index (Phi) is 9.56. The summed E-state index contributed by atoms with van der Waals surface area (Å²) in [5.41, 5.74) is 1.44. The zero-order valence-electron chi connectivity index (χ0n) is 21.9. The fraction of sp³-hybridized carbons (Fsp3) is 0.407. The minimum atomic E-state index is -3.63. The van der Waals surface area contributed by atoms with Gasteiger partial charge in [-0.15, -0.1) is 0 Å². The summed E-state index contributed by atoms with van der Waals surface area (Å²) < 4.78 is 33.3. The highest BCUT2D eigenvalue weighted by molar-refractivity contribution is 7.89. The van der Waals surface area contributed by atoms with Crippen LogP contribution in [-0.2, 0) is 19.6 Å². The Morgan fingerprint density at radius 1 is 1.03 bits per heavy atom. The molecule has 2 heterocycles. The fourth-order valence-corrected chi connectivity index (χ4v) is 6.70. The molecule has 2 aliphatic rings. The van der Waals surface area contributed by atoms with E-state index in [-0.39, 0.29) is 30.6 Å². The minimum absolute atomic E-state index is 0.166. The molecule has 2 aromatic carbocycles. The third kappa shape index (κ3) is 6.41. The standard InChI is InChI=1S/C27H32Cl2N4O5S/c1-3-33-23(18-31-13-8-14-32(16-15-31)39(36,37)20-9-6-5-7-10-20)24(26(34)38-4-2)25(30-27(33)35)19-11-12-21(28)22(29)17-19/h5-7,9-12,17,25H,3-4,8,13-16,18H2,1-2H3,(H,30,35). The lowest BCUT2D eigenvalue weighted by atomic mass is 9.94. The number of ether oxygens (including phenoxy) is 1. The van der Waals surface area contributed by atoms with Crippen LogP contribution in [0.3, 0.4) is 0 Å². The van der Waals surface area contributed by atoms with E-state index in [9.17, 15) is 18.0 Å². The predicted octanol–water partition coefficient (Wildman–Crippen LogP) is 4.29. The van der Waals surface area contributed by atoms with Crippen LogP contribution in [0.5, 0.6) is 0 Å². The number of nitrogens with zero attached hydrogens (tertiary/aromatic N) is 3. The van der Waals surface area contributed by atoms with E-state index in [4.69, 9.17) is 27.9 Å². The minimum Gasteiger partial charge on any atom is -0.463 e. The molecule has 0 aromatic heterocycles. The molecular formula is C27H32Cl2N4O5S. The number of hydrogen-bond donors (Lipinski definition) is 1. The number of likely N-dealkylation sites (N-methyl/N-ethyl adjacent to an activating group) is 1. The summed E-state index contributed by atoms with van der Waals surface area (Å²) in [6, 6.07) is 12.2. The molecule has 1 unspecified atom stereocenters. The topological polar surface area (TPSA) is 99.3 Å². The average molecular weight is 596 g/mol. The first-order chi connectivity index (χ1) is 18.7. The number of halogens is 2. The lowest BCUT2D eigenvalue weighted by Crippen LogP contribution is -2.51. The maximum atomic E-state index is 13.3. The highest BCUT2D eigenvalue weighted by atomic mass is 35.5. The highest BCUT2D eigenvalue weighted by Crippen LogP contribution is 2.35. The molecule has 2 amide bonds. The Morgan fingerprint density at radius 2 is 1.77 bits per heavy atom. The van der Waals surface area contributed by atoms with E-state index in [0.29, 0.717) is 59.5 Å². The Bertz CT molecular complexity index is 1350. The normalized spacial score (nSPS) is 19.5. The van der Waals surface area contributed by atoms with Gasteiger partial charge in [0.25, 0.3) is 0 Å². The van der Waals surface area contributed by atoms with Crippen LogP contribution in [0.4, 0.5) is 4.79 Å². The molecule has 9 nitrogen and oxygen atoms in total. The van der Waals surface area contributed by atoms with Gasteiger partial charge in [0.15, 0.2) is 0 Å². The third-order valence-corrected chi connectivity index (χ3v) is 9.48. The monoisotopic (exact) mass is 594 g/mol. The van der Waals surface area contributed by atoms with Crippen molar-refractivity contribution in [2.75, 3.05) is 45.9 Å². The van der Waals surface area contributed by atoms with Gasteiger partial charge in [-0.05, 0) is 56.6 Å². The predicted molar refractivity (Wildman–Crippen MR) is 150 cm³/mol. The number of amides is 2. The number of carbonyl (C=O) groups is 2. The van der Waals surface area contributed by atoms with E-state index in [1.165, 1.54) is 9.21 Å². The molecule has 0 aliphatic carbocycles. The smallest absolute Gasteiger partial charge is 0.338 e. The lowest BCUT2D eigenvalue weighted by Gasteiger charge is -2.38. The lowest BCUT2D eigenvalue weighted by molar-refractivity contribution is -0.139. The Morgan fingerprint density at radius 3 is 2.44 bits per heavy atom. The average Bonchev–Trinajstić information content (AvgIpc) is 3.17. The second-order valence-electron chi connectivity index (χ2n) is 9.23. The van der Waals surface area contributed by atoms with Crippen LogP contribution in [0.1, 0.15) is 31.9 Å². The van der Waals surface area contributed by atoms with Crippen LogP contribution in [0, 0.1) is 0 Å². The van der Waals surface area contributed by atoms with Crippen molar-refractivity contribution in [1.29, 1.82) is 0 Å². The quantitative estimate of drug-likeness (QED) is 0.458. The van der Waals surface area contributed by atoms with Crippen molar-refractivity contribution < 1.29 is 22.7 Å². The number of rotatable bonds is 8. The van der Waals surface area contributed by atoms with Gasteiger partial charge in [0.2, 0.25) is 10.0 Å². The number of urea groups is 1. The molecule has 12 heteroatoms. The molecule has 39 heavy (non-hydrogen) atoms. The molecule has 2 aliphatic heterocycles. The Labute approximate surface area is 239 Å². The van der Waals surface area contributed by atoms with Gasteiger partial charge < -0.3 is 10.1 Å². The van der Waals surface area contributed by atoms with Gasteiger partial charge in [0.1, 0.15) is 0 Å². The zero-order chi connectivity index (χ0) is 28.2. The van der Waals surface area contributed by atoms with Crippen molar-refractivity contribution in [3.05, 3.63) is 75.4 Å². The van der Waals surface area contributed by atoms with E-state index in [1.807, 2.05) is 6.92 Å². The maximum absolute atomic E-state index is 13.3. The fourth-order valence-electron chi connectivity index (χ4n) is 4.90. The Hall–Kier alpha value is -2.63. The first kappa shape index (κ1) is 29.4. The van der Waals surface area contributed by atoms with E-state index >= 15 is 0 Å². The van der Waals surface area contributed by atoms with Crippen molar-refractivity contribution in [2.24, 2.45) is 0 Å². The van der Waals surface area contributed by atoms with E-state index in [0.717, 1.165) is 0 Å². The van der Waals surface area contributed by atoms with Crippen LogP contribution in [0.2, 0.25) is 10.0 Å². The van der Waals surface area contributed by atoms with Crippen molar-refractivity contribution in [3.8, 4) is 0 Å². The van der Waals surface area contributed by atoms with Gasteiger partial charge in [-0.25, -0.2) is 18.0 Å². The van der Waals surface area contributed by atoms with Crippen molar-refractivity contribution in [2.45, 2.75) is 31.2 Å². The van der Waals surface area contributed by atoms with Gasteiger partial charge >= 0.3 is 12.0 Å². The molecule has 0 spiro atoms. The molecular weight excluding hydrogens is 563 g/mol. The van der Waals surface area contributed by atoms with E-state index in [2.05, 4.69) is 10.2 Å². The molecule has 1 fully saturated rings. The second kappa shape index (κ2) is 12.7. The summed E-state index contributed by atoms with van der Waals surface area (Å²) in [4.78, 5) is 30.4. The largest absolute Gasteiger partial charge is 0.463 e. The number of benzene rings is 2. The third-order valence-electron chi connectivity index (χ3n) is 6.83. The first-order valence-corrected chi connectivity index (χ1v) is 15.1. The summed E-state index contributed by atoms with van der Waals surface area (Å²) in [5.74, 6) is -0.537. The molecule has 1 saturated heterocycles. The summed E-state index contributed by atoms with van der Waals surface area (Å²) >= 11 is 12.4. The molecule has 0 saturated carbocycles. The molecule has 0 bridgehead atoms. The number of esters is 1. The summed E-state index contributed by atoms with van der Waals surface area (Å²) in [6.07, 6.45) is 0.600. The van der Waals surface area contributed by atoms with Crippen LogP contribution in [-0.4, -0.2) is 80.4 Å². The van der Waals surface area contributed by atoms with Gasteiger partial charge in [-0.1, -0.05) is 47.5 Å². The van der Waals surface area contributed by atoms with Crippen LogP contribution in [0.25, 0.3) is 0 Å². The second-order valence-corrected chi connectivity index (χ2v) is 12.0. The van der Waals surface area contributed by atoms with Gasteiger partial charge in [-0.2, -0.15) is 4.31 Å². The molecule has 2 aromatic rings. The van der Waals surface area contributed by atoms with Gasteiger partial charge in [-0.3, -0.25) is 9.80 Å². The molecule has 0 radical (unpaired) electrons. The number of sulfonamides is 1. The van der Waals surface area contributed by atoms with Crippen molar-refractivity contribution in [3.63, 3.8) is 0 Å². The molecule has 210 valence electrons. The van der Waals surface area contributed by atoms with Crippen LogP contribution in [0.15, 0.2) is 64.7 Å². The molecule has 4 rings (SSSR count). The van der Waals surface area contributed by atoms with Gasteiger partial charge in [0, 0.05) is 38.4 Å².